The van der Waals surface area contributed by atoms with Crippen LogP contribution in [0.5, 0.6) is 0 Å². The molecule has 0 aliphatic carbocycles. The van der Waals surface area contributed by atoms with Crippen molar-refractivity contribution in [3.63, 3.8) is 0 Å². The molecule has 0 spiro atoms. The molecule has 0 saturated carbocycles. The molecular weight excluding hydrogens is 226 g/mol. The second-order valence-electron chi connectivity index (χ2n) is 3.96. The molecule has 1 heterocycles. The van der Waals surface area contributed by atoms with Crippen molar-refractivity contribution in [2.24, 2.45) is 0 Å². The third kappa shape index (κ3) is 1.92. The van der Waals surface area contributed by atoms with Gasteiger partial charge in [-0.25, -0.2) is 0 Å². The Balaban J connectivity index is 2.26. The highest BCUT2D eigenvalue weighted by Gasteiger charge is 2.02. The number of benzene rings is 2. The van der Waals surface area contributed by atoms with Crippen molar-refractivity contribution >= 4 is 23.4 Å². The first-order valence-corrected chi connectivity index (χ1v) is 5.91. The van der Waals surface area contributed by atoms with Crippen LogP contribution in [0.3, 0.4) is 0 Å². The summed E-state index contributed by atoms with van der Waals surface area (Å²) in [5.74, 6) is 0. The zero-order valence-corrected chi connectivity index (χ0v) is 10.1. The van der Waals surface area contributed by atoms with Crippen molar-refractivity contribution in [2.75, 3.05) is 0 Å². The molecule has 3 aromatic rings. The molecular formula is C15H11NS. The molecule has 0 unspecified atom stereocenters. The van der Waals surface area contributed by atoms with E-state index in [1.807, 2.05) is 30.5 Å². The van der Waals surface area contributed by atoms with Crippen LogP contribution in [0.2, 0.25) is 0 Å². The van der Waals surface area contributed by atoms with E-state index in [-0.39, 0.29) is 0 Å². The highest BCUT2D eigenvalue weighted by molar-refractivity contribution is 7.80. The van der Waals surface area contributed by atoms with Gasteiger partial charge in [0, 0.05) is 22.7 Å². The maximum atomic E-state index is 4.54. The van der Waals surface area contributed by atoms with Gasteiger partial charge in [-0.05, 0) is 34.7 Å². The molecule has 2 heteroatoms. The fourth-order valence-electron chi connectivity index (χ4n) is 1.99. The normalized spacial score (nSPS) is 10.6. The zero-order chi connectivity index (χ0) is 11.7. The Labute approximate surface area is 106 Å². The highest BCUT2D eigenvalue weighted by atomic mass is 32.1. The van der Waals surface area contributed by atoms with E-state index in [0.29, 0.717) is 0 Å². The summed E-state index contributed by atoms with van der Waals surface area (Å²) in [7, 11) is 0. The Kier molecular flexibility index (Phi) is 2.57. The van der Waals surface area contributed by atoms with Gasteiger partial charge in [-0.15, -0.1) is 12.6 Å². The van der Waals surface area contributed by atoms with Gasteiger partial charge in [0.05, 0.1) is 0 Å². The maximum absolute atomic E-state index is 4.54. The number of rotatable bonds is 1. The highest BCUT2D eigenvalue weighted by Crippen LogP contribution is 2.28. The monoisotopic (exact) mass is 237 g/mol. The summed E-state index contributed by atoms with van der Waals surface area (Å²) in [5, 5.41) is 2.27. The van der Waals surface area contributed by atoms with E-state index < -0.39 is 0 Å². The minimum absolute atomic E-state index is 0.990. The van der Waals surface area contributed by atoms with Crippen molar-refractivity contribution in [1.82, 2.24) is 4.98 Å². The molecule has 3 rings (SSSR count). The molecule has 82 valence electrons. The number of nitrogens with zero attached hydrogens (tertiary/aromatic N) is 1. The summed E-state index contributed by atoms with van der Waals surface area (Å²) < 4.78 is 0. The lowest BCUT2D eigenvalue weighted by Gasteiger charge is -2.06. The van der Waals surface area contributed by atoms with E-state index in [2.05, 4.69) is 41.9 Å². The van der Waals surface area contributed by atoms with Gasteiger partial charge in [-0.3, -0.25) is 4.98 Å². The van der Waals surface area contributed by atoms with Crippen LogP contribution < -0.4 is 0 Å². The number of fused-ring (bicyclic) bond motifs is 1. The third-order valence-electron chi connectivity index (χ3n) is 2.84. The Bertz CT molecular complexity index is 662. The molecule has 1 aromatic heterocycles. The first-order chi connectivity index (χ1) is 8.34. The minimum atomic E-state index is 0.990. The van der Waals surface area contributed by atoms with Gasteiger partial charge in [-0.1, -0.05) is 30.3 Å². The van der Waals surface area contributed by atoms with Crippen LogP contribution in [-0.4, -0.2) is 4.98 Å². The molecule has 17 heavy (non-hydrogen) atoms. The zero-order valence-electron chi connectivity index (χ0n) is 9.17. The van der Waals surface area contributed by atoms with Gasteiger partial charge in [0.1, 0.15) is 0 Å². The van der Waals surface area contributed by atoms with Gasteiger partial charge in [-0.2, -0.15) is 0 Å². The second-order valence-corrected chi connectivity index (χ2v) is 4.44. The van der Waals surface area contributed by atoms with Crippen LogP contribution >= 0.6 is 12.6 Å². The summed E-state index contributed by atoms with van der Waals surface area (Å²) in [6.07, 6.45) is 3.67. The summed E-state index contributed by atoms with van der Waals surface area (Å²) in [6.45, 7) is 0. The van der Waals surface area contributed by atoms with Gasteiger partial charge in [0.15, 0.2) is 0 Å². The molecule has 2 aromatic carbocycles. The van der Waals surface area contributed by atoms with E-state index in [4.69, 9.17) is 0 Å². The average Bonchev–Trinajstić information content (AvgIpc) is 2.40. The molecule has 0 saturated heterocycles. The first-order valence-electron chi connectivity index (χ1n) is 5.47. The Morgan fingerprint density at radius 1 is 0.882 bits per heavy atom. The fraction of sp³-hybridized carbons (Fsp3) is 0. The number of hydrogen-bond donors (Lipinski definition) is 1. The van der Waals surface area contributed by atoms with Crippen LogP contribution in [0.15, 0.2) is 65.8 Å². The molecule has 0 N–H and O–H groups in total. The lowest BCUT2D eigenvalue weighted by Crippen LogP contribution is -1.82. The third-order valence-corrected chi connectivity index (χ3v) is 3.21. The van der Waals surface area contributed by atoms with Crippen molar-refractivity contribution in [3.05, 3.63) is 60.9 Å². The molecule has 0 fully saturated rings. The molecule has 0 aliphatic heterocycles. The van der Waals surface area contributed by atoms with Crippen molar-refractivity contribution in [1.29, 1.82) is 0 Å². The standard InChI is InChI=1S/C15H11NS/c17-15-9-12(11-4-2-1-3-5-11)8-13-10-16-7-6-14(13)15/h1-10,17H. The second kappa shape index (κ2) is 4.22. The van der Waals surface area contributed by atoms with E-state index in [1.165, 1.54) is 11.1 Å². The van der Waals surface area contributed by atoms with Crippen molar-refractivity contribution < 1.29 is 0 Å². The van der Waals surface area contributed by atoms with Crippen LogP contribution in [0.1, 0.15) is 0 Å². The van der Waals surface area contributed by atoms with Gasteiger partial charge in [0.2, 0.25) is 0 Å². The maximum Gasteiger partial charge on any atom is 0.0346 e. The SMILES string of the molecule is Sc1cc(-c2ccccc2)cc2cnccc12. The van der Waals surface area contributed by atoms with Crippen LogP contribution in [0, 0.1) is 0 Å². The molecule has 0 aliphatic rings. The Morgan fingerprint density at radius 2 is 1.71 bits per heavy atom. The number of thiol groups is 1. The minimum Gasteiger partial charge on any atom is -0.264 e. The smallest absolute Gasteiger partial charge is 0.0346 e. The summed E-state index contributed by atoms with van der Waals surface area (Å²) >= 11 is 4.54. The predicted molar refractivity (Wildman–Crippen MR) is 74.4 cm³/mol. The van der Waals surface area contributed by atoms with Crippen LogP contribution in [0.25, 0.3) is 21.9 Å². The lowest BCUT2D eigenvalue weighted by molar-refractivity contribution is 1.35. The van der Waals surface area contributed by atoms with E-state index in [9.17, 15) is 0 Å². The van der Waals surface area contributed by atoms with Crippen molar-refractivity contribution in [2.45, 2.75) is 4.90 Å². The first kappa shape index (κ1) is 10.4. The van der Waals surface area contributed by atoms with Crippen molar-refractivity contribution in [3.8, 4) is 11.1 Å². The number of pyridine rings is 1. The fourth-order valence-corrected chi connectivity index (χ4v) is 2.33. The number of hydrogen-bond acceptors (Lipinski definition) is 2. The molecule has 0 radical (unpaired) electrons. The Hall–Kier alpha value is -1.80. The molecule has 1 nitrogen and oxygen atoms in total. The predicted octanol–water partition coefficient (Wildman–Crippen LogP) is 4.19. The quantitative estimate of drug-likeness (QED) is 0.626. The average molecular weight is 237 g/mol. The molecule has 0 amide bonds. The van der Waals surface area contributed by atoms with Gasteiger partial charge >= 0.3 is 0 Å². The lowest BCUT2D eigenvalue weighted by atomic mass is 10.0. The van der Waals surface area contributed by atoms with Gasteiger partial charge in [0.25, 0.3) is 0 Å². The summed E-state index contributed by atoms with van der Waals surface area (Å²) in [4.78, 5) is 5.14. The van der Waals surface area contributed by atoms with Crippen LogP contribution in [-0.2, 0) is 0 Å². The van der Waals surface area contributed by atoms with E-state index >= 15 is 0 Å². The topological polar surface area (TPSA) is 12.9 Å². The Morgan fingerprint density at radius 3 is 2.53 bits per heavy atom. The van der Waals surface area contributed by atoms with Gasteiger partial charge < -0.3 is 0 Å². The van der Waals surface area contributed by atoms with E-state index in [1.54, 1.807) is 6.20 Å². The van der Waals surface area contributed by atoms with E-state index in [0.717, 1.165) is 15.7 Å². The number of aromatic nitrogens is 1. The largest absolute Gasteiger partial charge is 0.264 e. The molecule has 0 bridgehead atoms. The summed E-state index contributed by atoms with van der Waals surface area (Å²) in [5.41, 5.74) is 2.38. The van der Waals surface area contributed by atoms with Crippen LogP contribution in [0.4, 0.5) is 0 Å². The molecule has 0 atom stereocenters. The summed E-state index contributed by atoms with van der Waals surface area (Å²) in [6, 6.07) is 16.6.